The summed E-state index contributed by atoms with van der Waals surface area (Å²) in [5.74, 6) is -0.266. The highest BCUT2D eigenvalue weighted by atomic mass is 16.6. The smallest absolute Gasteiger partial charge is 0.355 e. The monoisotopic (exact) mass is 356 g/mol. The lowest BCUT2D eigenvalue weighted by atomic mass is 10.1. The van der Waals surface area contributed by atoms with Gasteiger partial charge in [0.2, 0.25) is 5.89 Å². The Morgan fingerprint density at radius 1 is 1.31 bits per heavy atom. The van der Waals surface area contributed by atoms with Crippen LogP contribution in [0.4, 0.5) is 5.69 Å². The zero-order chi connectivity index (χ0) is 18.8. The summed E-state index contributed by atoms with van der Waals surface area (Å²) < 4.78 is 12.2. The van der Waals surface area contributed by atoms with E-state index in [0.29, 0.717) is 5.89 Å². The van der Waals surface area contributed by atoms with Gasteiger partial charge < -0.3 is 13.7 Å². The minimum atomic E-state index is -0.803. The maximum absolute atomic E-state index is 12.2. The Morgan fingerprint density at radius 3 is 2.62 bits per heavy atom. The zero-order valence-electron chi connectivity index (χ0n) is 14.4. The van der Waals surface area contributed by atoms with Crippen molar-refractivity contribution in [1.82, 2.24) is 14.8 Å². The number of hydrogen-bond acceptors (Lipinski definition) is 7. The molecule has 1 unspecified atom stereocenters. The van der Waals surface area contributed by atoms with Crippen LogP contribution in [-0.4, -0.2) is 25.7 Å². The third-order valence-electron chi connectivity index (χ3n) is 3.78. The van der Waals surface area contributed by atoms with Gasteiger partial charge in [0.05, 0.1) is 11.1 Å². The van der Waals surface area contributed by atoms with Crippen molar-refractivity contribution in [2.24, 2.45) is 7.05 Å². The highest BCUT2D eigenvalue weighted by Gasteiger charge is 2.24. The molecule has 0 aliphatic carbocycles. The quantitative estimate of drug-likeness (QED) is 0.392. The Balaban J connectivity index is 1.74. The number of aryl methyl sites for hydroxylation is 2. The van der Waals surface area contributed by atoms with Crippen molar-refractivity contribution in [2.75, 3.05) is 0 Å². The van der Waals surface area contributed by atoms with Crippen LogP contribution in [0, 0.1) is 17.0 Å². The summed E-state index contributed by atoms with van der Waals surface area (Å²) in [4.78, 5) is 22.5. The van der Waals surface area contributed by atoms with Crippen LogP contribution >= 0.6 is 0 Å². The third-order valence-corrected chi connectivity index (χ3v) is 3.78. The first-order chi connectivity index (χ1) is 12.3. The van der Waals surface area contributed by atoms with E-state index in [9.17, 15) is 14.9 Å². The topological polar surface area (TPSA) is 113 Å². The second-order valence-electron chi connectivity index (χ2n) is 5.81. The summed E-state index contributed by atoms with van der Waals surface area (Å²) in [6.45, 7) is 3.56. The van der Waals surface area contributed by atoms with Crippen LogP contribution < -0.4 is 0 Å². The molecule has 0 N–H and O–H groups in total. The predicted molar refractivity (Wildman–Crippen MR) is 90.4 cm³/mol. The van der Waals surface area contributed by atoms with Crippen LogP contribution in [0.2, 0.25) is 0 Å². The van der Waals surface area contributed by atoms with E-state index >= 15 is 0 Å². The van der Waals surface area contributed by atoms with Gasteiger partial charge in [0.15, 0.2) is 6.10 Å². The SMILES string of the molecule is Cc1ccc(-c2nnc(C(C)OC(=O)c3cc([N+](=O)[O-])cn3C)o2)cc1. The van der Waals surface area contributed by atoms with E-state index in [1.54, 1.807) is 6.92 Å². The van der Waals surface area contributed by atoms with Crippen LogP contribution in [-0.2, 0) is 11.8 Å². The van der Waals surface area contributed by atoms with E-state index in [0.717, 1.165) is 17.2 Å². The summed E-state index contributed by atoms with van der Waals surface area (Å²) in [6.07, 6.45) is 0.437. The Morgan fingerprint density at radius 2 is 2.00 bits per heavy atom. The maximum Gasteiger partial charge on any atom is 0.355 e. The largest absolute Gasteiger partial charge is 0.448 e. The van der Waals surface area contributed by atoms with Gasteiger partial charge in [-0.05, 0) is 26.0 Å². The molecular weight excluding hydrogens is 340 g/mol. The Bertz CT molecular complexity index is 958. The number of carbonyl (C=O) groups excluding carboxylic acids is 1. The molecule has 3 aromatic rings. The molecule has 0 spiro atoms. The van der Waals surface area contributed by atoms with E-state index in [-0.39, 0.29) is 17.3 Å². The first kappa shape index (κ1) is 17.3. The number of carbonyl (C=O) groups is 1. The second-order valence-corrected chi connectivity index (χ2v) is 5.81. The van der Waals surface area contributed by atoms with E-state index in [4.69, 9.17) is 9.15 Å². The molecule has 0 bridgehead atoms. The van der Waals surface area contributed by atoms with Crippen molar-refractivity contribution in [1.29, 1.82) is 0 Å². The number of hydrogen-bond donors (Lipinski definition) is 0. The van der Waals surface area contributed by atoms with E-state index in [2.05, 4.69) is 10.2 Å². The number of nitro groups is 1. The summed E-state index contributed by atoms with van der Waals surface area (Å²) >= 11 is 0. The second kappa shape index (κ2) is 6.79. The number of ether oxygens (including phenoxy) is 1. The molecule has 9 nitrogen and oxygen atoms in total. The highest BCUT2D eigenvalue weighted by Crippen LogP contribution is 2.24. The van der Waals surface area contributed by atoms with Crippen molar-refractivity contribution >= 4 is 11.7 Å². The zero-order valence-corrected chi connectivity index (χ0v) is 14.4. The fourth-order valence-corrected chi connectivity index (χ4v) is 2.33. The molecule has 2 heterocycles. The number of benzene rings is 1. The van der Waals surface area contributed by atoms with Gasteiger partial charge in [0, 0.05) is 18.7 Å². The van der Waals surface area contributed by atoms with Gasteiger partial charge in [-0.3, -0.25) is 10.1 Å². The normalized spacial score (nSPS) is 12.0. The van der Waals surface area contributed by atoms with Gasteiger partial charge in [-0.1, -0.05) is 17.7 Å². The highest BCUT2D eigenvalue weighted by molar-refractivity contribution is 5.88. The van der Waals surface area contributed by atoms with Gasteiger partial charge in [-0.15, -0.1) is 10.2 Å². The minimum Gasteiger partial charge on any atom is -0.448 e. The Kier molecular flexibility index (Phi) is 4.53. The summed E-state index contributed by atoms with van der Waals surface area (Å²) in [5.41, 5.74) is 1.73. The molecule has 0 saturated heterocycles. The van der Waals surface area contributed by atoms with Crippen molar-refractivity contribution in [3.8, 4) is 11.5 Å². The maximum atomic E-state index is 12.2. The van der Waals surface area contributed by atoms with Crippen LogP contribution in [0.3, 0.4) is 0 Å². The van der Waals surface area contributed by atoms with Crippen molar-refractivity contribution in [3.63, 3.8) is 0 Å². The van der Waals surface area contributed by atoms with Gasteiger partial charge in [-0.25, -0.2) is 4.79 Å². The molecule has 3 rings (SSSR count). The van der Waals surface area contributed by atoms with Crippen LogP contribution in [0.15, 0.2) is 40.9 Å². The van der Waals surface area contributed by atoms with E-state index < -0.39 is 17.0 Å². The number of aromatic nitrogens is 3. The number of rotatable bonds is 5. The number of esters is 1. The molecule has 2 aromatic heterocycles. The molecule has 0 aliphatic heterocycles. The van der Waals surface area contributed by atoms with Crippen molar-refractivity contribution in [3.05, 3.63) is 63.8 Å². The molecule has 0 fully saturated rings. The summed E-state index contributed by atoms with van der Waals surface area (Å²) in [7, 11) is 1.52. The predicted octanol–water partition coefficient (Wildman–Crippen LogP) is 3.21. The Labute approximate surface area is 148 Å². The molecule has 1 atom stereocenters. The molecule has 0 aliphatic rings. The van der Waals surface area contributed by atoms with Crippen molar-refractivity contribution in [2.45, 2.75) is 20.0 Å². The van der Waals surface area contributed by atoms with E-state index in [1.807, 2.05) is 31.2 Å². The first-order valence-electron chi connectivity index (χ1n) is 7.77. The van der Waals surface area contributed by atoms with Crippen LogP contribution in [0.1, 0.15) is 35.0 Å². The van der Waals surface area contributed by atoms with Gasteiger partial charge in [0.25, 0.3) is 11.6 Å². The standard InChI is InChI=1S/C17H16N4O5/c1-10-4-6-12(7-5-10)16-19-18-15(26-16)11(2)25-17(22)14-8-13(21(23)24)9-20(14)3/h4-9,11H,1-3H3. The average molecular weight is 356 g/mol. The fraction of sp³-hybridized carbons (Fsp3) is 0.235. The molecule has 0 radical (unpaired) electrons. The molecule has 0 saturated carbocycles. The van der Waals surface area contributed by atoms with Gasteiger partial charge in [-0.2, -0.15) is 0 Å². The first-order valence-corrected chi connectivity index (χ1v) is 7.77. The van der Waals surface area contributed by atoms with Crippen LogP contribution in [0.5, 0.6) is 0 Å². The summed E-state index contributed by atoms with van der Waals surface area (Å²) in [5, 5.41) is 18.7. The Hall–Kier alpha value is -3.49. The third kappa shape index (κ3) is 3.46. The lowest BCUT2D eigenvalue weighted by Gasteiger charge is -2.09. The molecular formula is C17H16N4O5. The molecule has 26 heavy (non-hydrogen) atoms. The number of nitrogens with zero attached hydrogens (tertiary/aromatic N) is 4. The van der Waals surface area contributed by atoms with E-state index in [1.165, 1.54) is 17.8 Å². The average Bonchev–Trinajstić information content (AvgIpc) is 3.22. The molecule has 9 heteroatoms. The molecule has 1 aromatic carbocycles. The fourth-order valence-electron chi connectivity index (χ4n) is 2.33. The lowest BCUT2D eigenvalue weighted by Crippen LogP contribution is -2.12. The van der Waals surface area contributed by atoms with Crippen molar-refractivity contribution < 1.29 is 18.9 Å². The molecule has 134 valence electrons. The molecule has 0 amide bonds. The van der Waals surface area contributed by atoms with Gasteiger partial charge in [0.1, 0.15) is 5.69 Å². The summed E-state index contributed by atoms with van der Waals surface area (Å²) in [6, 6.07) is 8.70. The lowest BCUT2D eigenvalue weighted by molar-refractivity contribution is -0.384. The van der Waals surface area contributed by atoms with Gasteiger partial charge >= 0.3 is 5.97 Å². The van der Waals surface area contributed by atoms with Crippen LogP contribution in [0.25, 0.3) is 11.5 Å². The minimum absolute atomic E-state index is 0.0572.